The van der Waals surface area contributed by atoms with Gasteiger partial charge in [0, 0.05) is 5.69 Å². The molecule has 2 unspecified atom stereocenters. The number of benzene rings is 1. The smallest absolute Gasteiger partial charge is 0.124 e. The van der Waals surface area contributed by atoms with Crippen LogP contribution in [0.2, 0.25) is 0 Å². The molecule has 1 aromatic rings. The van der Waals surface area contributed by atoms with E-state index in [-0.39, 0.29) is 12.2 Å². The summed E-state index contributed by atoms with van der Waals surface area (Å²) in [5.41, 5.74) is 7.48. The van der Waals surface area contributed by atoms with Crippen LogP contribution in [0.25, 0.3) is 0 Å². The number of aryl methyl sites for hydroxylation is 1. The van der Waals surface area contributed by atoms with E-state index < -0.39 is 0 Å². The zero-order chi connectivity index (χ0) is 12.3. The molecule has 0 saturated heterocycles. The first-order valence-corrected chi connectivity index (χ1v) is 6.37. The fourth-order valence-electron chi connectivity index (χ4n) is 2.36. The number of hydrogen-bond donors (Lipinski definition) is 2. The molecule has 3 nitrogen and oxygen atoms in total. The molecule has 0 bridgehead atoms. The van der Waals surface area contributed by atoms with E-state index in [0.717, 1.165) is 42.7 Å². The minimum Gasteiger partial charge on any atom is -0.487 e. The predicted molar refractivity (Wildman–Crippen MR) is 69.1 cm³/mol. The highest BCUT2D eigenvalue weighted by atomic mass is 16.5. The van der Waals surface area contributed by atoms with Crippen LogP contribution in [0.3, 0.4) is 0 Å². The first kappa shape index (κ1) is 12.2. The van der Waals surface area contributed by atoms with E-state index in [2.05, 4.69) is 0 Å². The molecule has 0 aromatic heterocycles. The van der Waals surface area contributed by atoms with Gasteiger partial charge in [-0.15, -0.1) is 0 Å². The average molecular weight is 235 g/mol. The summed E-state index contributed by atoms with van der Waals surface area (Å²) >= 11 is 0. The van der Waals surface area contributed by atoms with Gasteiger partial charge in [-0.25, -0.2) is 0 Å². The lowest BCUT2D eigenvalue weighted by Gasteiger charge is -2.23. The largest absolute Gasteiger partial charge is 0.487 e. The molecule has 1 aliphatic carbocycles. The molecule has 0 heterocycles. The SMILES string of the molecule is Cc1cc(N)ccc1OC1CCCCCC1O. The molecule has 1 aromatic carbocycles. The number of anilines is 1. The van der Waals surface area contributed by atoms with Crippen molar-refractivity contribution in [1.29, 1.82) is 0 Å². The van der Waals surface area contributed by atoms with Crippen LogP contribution in [-0.4, -0.2) is 17.3 Å². The molecule has 0 radical (unpaired) electrons. The van der Waals surface area contributed by atoms with Gasteiger partial charge < -0.3 is 15.6 Å². The summed E-state index contributed by atoms with van der Waals surface area (Å²) in [4.78, 5) is 0. The van der Waals surface area contributed by atoms with E-state index in [4.69, 9.17) is 10.5 Å². The maximum Gasteiger partial charge on any atom is 0.124 e. The quantitative estimate of drug-likeness (QED) is 0.612. The summed E-state index contributed by atoms with van der Waals surface area (Å²) in [6.45, 7) is 1.98. The molecule has 2 atom stereocenters. The number of aliphatic hydroxyl groups is 1. The molecule has 2 rings (SSSR count). The van der Waals surface area contributed by atoms with Crippen LogP contribution in [0.5, 0.6) is 5.75 Å². The topological polar surface area (TPSA) is 55.5 Å². The molecular formula is C14H21NO2. The van der Waals surface area contributed by atoms with Gasteiger partial charge in [-0.05, 0) is 49.9 Å². The zero-order valence-electron chi connectivity index (χ0n) is 10.4. The first-order valence-electron chi connectivity index (χ1n) is 6.37. The van der Waals surface area contributed by atoms with Crippen molar-refractivity contribution in [2.75, 3.05) is 5.73 Å². The van der Waals surface area contributed by atoms with Crippen molar-refractivity contribution in [3.8, 4) is 5.75 Å². The second kappa shape index (κ2) is 5.41. The predicted octanol–water partition coefficient (Wildman–Crippen LogP) is 2.65. The van der Waals surface area contributed by atoms with Gasteiger partial charge in [0.15, 0.2) is 0 Å². The van der Waals surface area contributed by atoms with E-state index >= 15 is 0 Å². The molecule has 17 heavy (non-hydrogen) atoms. The van der Waals surface area contributed by atoms with E-state index in [1.54, 1.807) is 0 Å². The third kappa shape index (κ3) is 3.13. The van der Waals surface area contributed by atoms with Crippen molar-refractivity contribution >= 4 is 5.69 Å². The highest BCUT2D eigenvalue weighted by molar-refractivity contribution is 5.47. The standard InChI is InChI=1S/C14H21NO2/c1-10-9-11(15)7-8-13(10)17-14-6-4-2-3-5-12(14)16/h7-9,12,14,16H,2-6,15H2,1H3. The van der Waals surface area contributed by atoms with Crippen molar-refractivity contribution in [2.24, 2.45) is 0 Å². The lowest BCUT2D eigenvalue weighted by atomic mass is 10.1. The van der Waals surface area contributed by atoms with Gasteiger partial charge in [0.25, 0.3) is 0 Å². The zero-order valence-corrected chi connectivity index (χ0v) is 10.4. The van der Waals surface area contributed by atoms with E-state index in [1.807, 2.05) is 25.1 Å². The van der Waals surface area contributed by atoms with Gasteiger partial charge in [-0.3, -0.25) is 0 Å². The van der Waals surface area contributed by atoms with Gasteiger partial charge in [0.05, 0.1) is 6.10 Å². The van der Waals surface area contributed by atoms with Crippen molar-refractivity contribution < 1.29 is 9.84 Å². The van der Waals surface area contributed by atoms with Crippen LogP contribution in [0.4, 0.5) is 5.69 Å². The second-order valence-electron chi connectivity index (χ2n) is 4.89. The maximum absolute atomic E-state index is 10.0. The molecule has 0 amide bonds. The summed E-state index contributed by atoms with van der Waals surface area (Å²) in [6.07, 6.45) is 4.80. The molecule has 1 aliphatic rings. The van der Waals surface area contributed by atoms with Gasteiger partial charge >= 0.3 is 0 Å². The van der Waals surface area contributed by atoms with Crippen molar-refractivity contribution in [3.05, 3.63) is 23.8 Å². The Kier molecular flexibility index (Phi) is 3.89. The summed E-state index contributed by atoms with van der Waals surface area (Å²) in [5, 5.41) is 10.0. The minimum absolute atomic E-state index is 0.0696. The molecule has 3 N–H and O–H groups in total. The Bertz CT molecular complexity index is 378. The second-order valence-corrected chi connectivity index (χ2v) is 4.89. The summed E-state index contributed by atoms with van der Waals surface area (Å²) in [6, 6.07) is 5.63. The molecule has 0 spiro atoms. The fraction of sp³-hybridized carbons (Fsp3) is 0.571. The van der Waals surface area contributed by atoms with E-state index in [9.17, 15) is 5.11 Å². The Labute approximate surface area is 103 Å². The number of nitrogens with two attached hydrogens (primary N) is 1. The van der Waals surface area contributed by atoms with Crippen LogP contribution in [-0.2, 0) is 0 Å². The molecule has 94 valence electrons. The van der Waals surface area contributed by atoms with Crippen LogP contribution >= 0.6 is 0 Å². The Morgan fingerprint density at radius 3 is 2.76 bits per heavy atom. The lowest BCUT2D eigenvalue weighted by molar-refractivity contribution is 0.0316. The molecular weight excluding hydrogens is 214 g/mol. The summed E-state index contributed by atoms with van der Waals surface area (Å²) in [7, 11) is 0. The molecule has 3 heteroatoms. The number of ether oxygens (including phenoxy) is 1. The Balaban J connectivity index is 2.08. The Morgan fingerprint density at radius 1 is 1.24 bits per heavy atom. The summed E-state index contributed by atoms with van der Waals surface area (Å²) < 4.78 is 5.93. The minimum atomic E-state index is -0.338. The third-order valence-electron chi connectivity index (χ3n) is 3.40. The van der Waals surface area contributed by atoms with Crippen LogP contribution < -0.4 is 10.5 Å². The monoisotopic (exact) mass is 235 g/mol. The highest BCUT2D eigenvalue weighted by Gasteiger charge is 2.23. The van der Waals surface area contributed by atoms with E-state index in [1.165, 1.54) is 6.42 Å². The Hall–Kier alpha value is -1.22. The Morgan fingerprint density at radius 2 is 2.00 bits per heavy atom. The van der Waals surface area contributed by atoms with Crippen LogP contribution in [0.1, 0.15) is 37.7 Å². The lowest BCUT2D eigenvalue weighted by Crippen LogP contribution is -2.30. The average Bonchev–Trinajstić information content (AvgIpc) is 2.48. The first-order chi connectivity index (χ1) is 8.16. The van der Waals surface area contributed by atoms with Crippen LogP contribution in [0, 0.1) is 6.92 Å². The third-order valence-corrected chi connectivity index (χ3v) is 3.40. The highest BCUT2D eigenvalue weighted by Crippen LogP contribution is 2.26. The molecule has 1 saturated carbocycles. The molecule has 0 aliphatic heterocycles. The van der Waals surface area contributed by atoms with Gasteiger partial charge in [-0.1, -0.05) is 12.8 Å². The van der Waals surface area contributed by atoms with E-state index in [0.29, 0.717) is 0 Å². The number of nitrogen functional groups attached to an aromatic ring is 1. The summed E-state index contributed by atoms with van der Waals surface area (Å²) in [5.74, 6) is 0.838. The van der Waals surface area contributed by atoms with Crippen LogP contribution in [0.15, 0.2) is 18.2 Å². The van der Waals surface area contributed by atoms with Gasteiger partial charge in [0.1, 0.15) is 11.9 Å². The molecule has 1 fully saturated rings. The van der Waals surface area contributed by atoms with Crippen molar-refractivity contribution in [2.45, 2.75) is 51.2 Å². The number of aliphatic hydroxyl groups excluding tert-OH is 1. The number of hydrogen-bond acceptors (Lipinski definition) is 3. The normalized spacial score (nSPS) is 25.3. The maximum atomic E-state index is 10.0. The number of rotatable bonds is 2. The van der Waals surface area contributed by atoms with Crippen molar-refractivity contribution in [1.82, 2.24) is 0 Å². The van der Waals surface area contributed by atoms with Gasteiger partial charge in [0.2, 0.25) is 0 Å². The van der Waals surface area contributed by atoms with Crippen molar-refractivity contribution in [3.63, 3.8) is 0 Å². The van der Waals surface area contributed by atoms with Gasteiger partial charge in [-0.2, -0.15) is 0 Å². The fourth-order valence-corrected chi connectivity index (χ4v) is 2.36.